The summed E-state index contributed by atoms with van der Waals surface area (Å²) in [5.74, 6) is 1.20. The molecule has 0 aliphatic heterocycles. The molecule has 2 rings (SSSR count). The molecule has 0 bridgehead atoms. The zero-order chi connectivity index (χ0) is 14.0. The molecule has 1 atom stereocenters. The van der Waals surface area contributed by atoms with Gasteiger partial charge in [-0.2, -0.15) is 0 Å². The van der Waals surface area contributed by atoms with Crippen molar-refractivity contribution in [2.24, 2.45) is 0 Å². The van der Waals surface area contributed by atoms with Gasteiger partial charge in [-0.05, 0) is 6.92 Å². The molecule has 1 unspecified atom stereocenters. The normalized spacial score (nSPS) is 13.3. The molecule has 19 heavy (non-hydrogen) atoms. The maximum absolute atomic E-state index is 12.0. The second kappa shape index (κ2) is 4.83. The molecule has 0 aliphatic rings. The minimum absolute atomic E-state index is 0.142. The third-order valence-corrected chi connectivity index (χ3v) is 2.68. The number of carbonyl (C=O) groups excluding carboxylic acids is 1. The maximum Gasteiger partial charge on any atom is 0.291 e. The van der Waals surface area contributed by atoms with E-state index in [0.29, 0.717) is 11.6 Å². The van der Waals surface area contributed by atoms with E-state index in [1.807, 2.05) is 27.7 Å². The number of nitrogens with zero attached hydrogens (tertiary/aromatic N) is 3. The van der Waals surface area contributed by atoms with Crippen LogP contribution in [0.4, 0.5) is 0 Å². The van der Waals surface area contributed by atoms with Crippen molar-refractivity contribution in [1.29, 1.82) is 0 Å². The van der Waals surface area contributed by atoms with Gasteiger partial charge in [0.1, 0.15) is 11.6 Å². The number of aromatic nitrogens is 5. The number of hydrogen-bond acceptors (Lipinski definition) is 4. The molecule has 0 fully saturated rings. The fourth-order valence-corrected chi connectivity index (χ4v) is 1.54. The third-order valence-electron chi connectivity index (χ3n) is 2.68. The molecule has 0 saturated carbocycles. The van der Waals surface area contributed by atoms with Crippen LogP contribution in [0, 0.1) is 0 Å². The van der Waals surface area contributed by atoms with E-state index in [4.69, 9.17) is 0 Å². The van der Waals surface area contributed by atoms with Crippen LogP contribution in [0.5, 0.6) is 0 Å². The standard InChI is InChI=1S/C12H18N6O/c1-7(8-13-5-6-14-8)15-10(19)9-16-11(18-17-9)12(2,3)4/h5-7H,1-4H3,(H,13,14)(H,15,19)(H,16,17,18). The summed E-state index contributed by atoms with van der Waals surface area (Å²) in [6, 6.07) is -0.223. The van der Waals surface area contributed by atoms with Gasteiger partial charge in [-0.3, -0.25) is 9.89 Å². The molecule has 0 spiro atoms. The summed E-state index contributed by atoms with van der Waals surface area (Å²) < 4.78 is 0. The number of aromatic amines is 2. The van der Waals surface area contributed by atoms with Gasteiger partial charge in [0, 0.05) is 17.8 Å². The number of imidazole rings is 1. The lowest BCUT2D eigenvalue weighted by molar-refractivity contribution is 0.0928. The van der Waals surface area contributed by atoms with Gasteiger partial charge in [-0.25, -0.2) is 9.97 Å². The molecule has 102 valence electrons. The summed E-state index contributed by atoms with van der Waals surface area (Å²) in [7, 11) is 0. The van der Waals surface area contributed by atoms with Crippen LogP contribution in [0.15, 0.2) is 12.4 Å². The first-order valence-corrected chi connectivity index (χ1v) is 6.11. The van der Waals surface area contributed by atoms with Crippen molar-refractivity contribution in [3.05, 3.63) is 29.9 Å². The fraction of sp³-hybridized carbons (Fsp3) is 0.500. The summed E-state index contributed by atoms with van der Waals surface area (Å²) in [6.45, 7) is 7.84. The topological polar surface area (TPSA) is 99.3 Å². The van der Waals surface area contributed by atoms with Crippen LogP contribution in [-0.2, 0) is 5.41 Å². The van der Waals surface area contributed by atoms with Gasteiger partial charge in [-0.1, -0.05) is 20.8 Å². The Labute approximate surface area is 111 Å². The molecule has 0 radical (unpaired) electrons. The maximum atomic E-state index is 12.0. The van der Waals surface area contributed by atoms with E-state index in [1.165, 1.54) is 0 Å². The van der Waals surface area contributed by atoms with E-state index in [9.17, 15) is 4.79 Å². The fourth-order valence-electron chi connectivity index (χ4n) is 1.54. The molecule has 0 aromatic carbocycles. The van der Waals surface area contributed by atoms with Crippen molar-refractivity contribution < 1.29 is 4.79 Å². The highest BCUT2D eigenvalue weighted by atomic mass is 16.2. The lowest BCUT2D eigenvalue weighted by atomic mass is 9.96. The molecular weight excluding hydrogens is 244 g/mol. The molecule has 0 aliphatic carbocycles. The summed E-state index contributed by atoms with van der Waals surface area (Å²) in [4.78, 5) is 23.2. The van der Waals surface area contributed by atoms with Crippen LogP contribution in [0.25, 0.3) is 0 Å². The van der Waals surface area contributed by atoms with Gasteiger partial charge in [0.25, 0.3) is 5.91 Å². The second-order valence-corrected chi connectivity index (χ2v) is 5.43. The first-order valence-electron chi connectivity index (χ1n) is 6.11. The molecule has 7 nitrogen and oxygen atoms in total. The average Bonchev–Trinajstić information content (AvgIpc) is 3.00. The van der Waals surface area contributed by atoms with Gasteiger partial charge in [-0.15, -0.1) is 5.10 Å². The first-order chi connectivity index (χ1) is 8.88. The van der Waals surface area contributed by atoms with Crippen molar-refractivity contribution in [2.45, 2.75) is 39.2 Å². The second-order valence-electron chi connectivity index (χ2n) is 5.43. The molecule has 3 N–H and O–H groups in total. The molecule has 2 aromatic heterocycles. The van der Waals surface area contributed by atoms with Crippen molar-refractivity contribution in [3.8, 4) is 0 Å². The van der Waals surface area contributed by atoms with Crippen molar-refractivity contribution >= 4 is 5.91 Å². The van der Waals surface area contributed by atoms with Gasteiger partial charge >= 0.3 is 0 Å². The summed E-state index contributed by atoms with van der Waals surface area (Å²) in [5.41, 5.74) is -0.168. The minimum Gasteiger partial charge on any atom is -0.347 e. The zero-order valence-electron chi connectivity index (χ0n) is 11.5. The lowest BCUT2D eigenvalue weighted by Gasteiger charge is -2.13. The Morgan fingerprint density at radius 3 is 2.68 bits per heavy atom. The van der Waals surface area contributed by atoms with Crippen molar-refractivity contribution in [2.75, 3.05) is 0 Å². The average molecular weight is 262 g/mol. The highest BCUT2D eigenvalue weighted by Crippen LogP contribution is 2.17. The Hall–Kier alpha value is -2.18. The predicted octanol–water partition coefficient (Wildman–Crippen LogP) is 1.32. The van der Waals surface area contributed by atoms with E-state index in [-0.39, 0.29) is 23.2 Å². The van der Waals surface area contributed by atoms with E-state index in [0.717, 1.165) is 0 Å². The molecule has 1 amide bonds. The predicted molar refractivity (Wildman–Crippen MR) is 69.6 cm³/mol. The van der Waals surface area contributed by atoms with Crippen LogP contribution in [0.3, 0.4) is 0 Å². The van der Waals surface area contributed by atoms with Crippen LogP contribution >= 0.6 is 0 Å². The van der Waals surface area contributed by atoms with Gasteiger partial charge < -0.3 is 10.3 Å². The Morgan fingerprint density at radius 2 is 2.16 bits per heavy atom. The van der Waals surface area contributed by atoms with E-state index in [1.54, 1.807) is 12.4 Å². The van der Waals surface area contributed by atoms with Crippen molar-refractivity contribution in [1.82, 2.24) is 30.5 Å². The van der Waals surface area contributed by atoms with E-state index in [2.05, 4.69) is 30.5 Å². The summed E-state index contributed by atoms with van der Waals surface area (Å²) in [5, 5.41) is 9.51. The molecule has 2 aromatic rings. The minimum atomic E-state index is -0.323. The van der Waals surface area contributed by atoms with Crippen LogP contribution in [-0.4, -0.2) is 31.1 Å². The first kappa shape index (κ1) is 13.3. The Kier molecular flexibility index (Phi) is 3.37. The number of amides is 1. The monoisotopic (exact) mass is 262 g/mol. The Bertz CT molecular complexity index is 551. The van der Waals surface area contributed by atoms with Crippen LogP contribution in [0.2, 0.25) is 0 Å². The Morgan fingerprint density at radius 1 is 1.42 bits per heavy atom. The van der Waals surface area contributed by atoms with E-state index < -0.39 is 0 Å². The van der Waals surface area contributed by atoms with E-state index >= 15 is 0 Å². The molecule has 2 heterocycles. The van der Waals surface area contributed by atoms with Crippen LogP contribution < -0.4 is 5.32 Å². The number of carbonyl (C=O) groups is 1. The highest BCUT2D eigenvalue weighted by Gasteiger charge is 2.22. The number of hydrogen-bond donors (Lipinski definition) is 3. The number of H-pyrrole nitrogens is 2. The molecule has 0 saturated heterocycles. The third kappa shape index (κ3) is 2.98. The quantitative estimate of drug-likeness (QED) is 0.776. The van der Waals surface area contributed by atoms with Crippen molar-refractivity contribution in [3.63, 3.8) is 0 Å². The lowest BCUT2D eigenvalue weighted by Crippen LogP contribution is -2.28. The SMILES string of the molecule is CC(NC(=O)c1n[nH]c(C(C)(C)C)n1)c1ncc[nH]1. The number of rotatable bonds is 3. The van der Waals surface area contributed by atoms with Gasteiger partial charge in [0.05, 0.1) is 6.04 Å². The van der Waals surface area contributed by atoms with Crippen LogP contribution in [0.1, 0.15) is 56.0 Å². The van der Waals surface area contributed by atoms with Gasteiger partial charge in [0.15, 0.2) is 0 Å². The zero-order valence-corrected chi connectivity index (χ0v) is 11.5. The number of nitrogens with one attached hydrogen (secondary N) is 3. The summed E-state index contributed by atoms with van der Waals surface area (Å²) in [6.07, 6.45) is 3.35. The molecular formula is C12H18N6O. The summed E-state index contributed by atoms with van der Waals surface area (Å²) >= 11 is 0. The smallest absolute Gasteiger partial charge is 0.291 e. The largest absolute Gasteiger partial charge is 0.347 e. The Balaban J connectivity index is 2.06. The van der Waals surface area contributed by atoms with Gasteiger partial charge in [0.2, 0.25) is 5.82 Å². The molecule has 7 heteroatoms. The highest BCUT2D eigenvalue weighted by molar-refractivity contribution is 5.90.